The Balaban J connectivity index is 1.37. The third kappa shape index (κ3) is 2.60. The summed E-state index contributed by atoms with van der Waals surface area (Å²) >= 11 is 0. The molecule has 0 saturated heterocycles. The Bertz CT molecular complexity index is 526. The maximum atomic E-state index is 12.3. The lowest BCUT2D eigenvalue weighted by atomic mass is 9.54. The van der Waals surface area contributed by atoms with E-state index in [0.717, 1.165) is 23.1 Å². The number of carbonyl (C=O) groups is 1. The van der Waals surface area contributed by atoms with Gasteiger partial charge in [-0.25, -0.2) is 4.79 Å². The number of hydrogen-bond acceptors (Lipinski definition) is 2. The Hall–Kier alpha value is -1.55. The van der Waals surface area contributed by atoms with Gasteiger partial charge in [0.25, 0.3) is 0 Å². The first-order chi connectivity index (χ1) is 10.7. The first-order valence-corrected chi connectivity index (χ1v) is 8.58. The minimum Gasteiger partial charge on any atom is -0.335 e. The van der Waals surface area contributed by atoms with Gasteiger partial charge in [0.05, 0.1) is 0 Å². The molecule has 0 spiro atoms. The van der Waals surface area contributed by atoms with Crippen LogP contribution in [0.25, 0.3) is 0 Å². The van der Waals surface area contributed by atoms with Crippen molar-refractivity contribution in [2.75, 3.05) is 5.32 Å². The van der Waals surface area contributed by atoms with Gasteiger partial charge in [0, 0.05) is 18.3 Å². The highest BCUT2D eigenvalue weighted by atomic mass is 16.2. The lowest BCUT2D eigenvalue weighted by Crippen LogP contribution is -2.56. The van der Waals surface area contributed by atoms with Gasteiger partial charge < -0.3 is 16.4 Å². The lowest BCUT2D eigenvalue weighted by molar-refractivity contribution is -0.00883. The highest BCUT2D eigenvalue weighted by molar-refractivity contribution is 5.89. The van der Waals surface area contributed by atoms with Crippen molar-refractivity contribution in [1.29, 1.82) is 0 Å². The molecule has 1 aromatic rings. The summed E-state index contributed by atoms with van der Waals surface area (Å²) in [6.07, 6.45) is 6.73. The average Bonchev–Trinajstić information content (AvgIpc) is 2.51. The van der Waals surface area contributed by atoms with Crippen molar-refractivity contribution >= 4 is 11.7 Å². The van der Waals surface area contributed by atoms with Crippen molar-refractivity contribution in [3.63, 3.8) is 0 Å². The van der Waals surface area contributed by atoms with Crippen molar-refractivity contribution in [1.82, 2.24) is 5.32 Å². The quantitative estimate of drug-likeness (QED) is 0.803. The van der Waals surface area contributed by atoms with Crippen LogP contribution in [-0.4, -0.2) is 12.1 Å². The van der Waals surface area contributed by atoms with Crippen LogP contribution in [0.15, 0.2) is 24.3 Å². The van der Waals surface area contributed by atoms with Crippen LogP contribution < -0.4 is 16.4 Å². The van der Waals surface area contributed by atoms with Crippen molar-refractivity contribution in [2.45, 2.75) is 44.7 Å². The molecule has 0 radical (unpaired) electrons. The average molecular weight is 299 g/mol. The van der Waals surface area contributed by atoms with Gasteiger partial charge in [0.15, 0.2) is 0 Å². The minimum atomic E-state index is -0.0574. The third-order valence-corrected chi connectivity index (χ3v) is 5.97. The summed E-state index contributed by atoms with van der Waals surface area (Å²) in [5.41, 5.74) is 7.50. The maximum Gasteiger partial charge on any atom is 0.319 e. The van der Waals surface area contributed by atoms with Gasteiger partial charge in [-0.2, -0.15) is 0 Å². The van der Waals surface area contributed by atoms with E-state index in [9.17, 15) is 4.79 Å². The molecule has 22 heavy (non-hydrogen) atoms. The SMILES string of the molecule is NCc1ccc(NC(=O)NC2C3CC4CC(C3)CC2C4)cc1. The Morgan fingerprint density at radius 2 is 1.59 bits per heavy atom. The molecule has 4 bridgehead atoms. The van der Waals surface area contributed by atoms with Crippen LogP contribution in [0.3, 0.4) is 0 Å². The van der Waals surface area contributed by atoms with E-state index in [-0.39, 0.29) is 6.03 Å². The van der Waals surface area contributed by atoms with Crippen molar-refractivity contribution < 1.29 is 4.79 Å². The molecule has 4 aliphatic rings. The lowest BCUT2D eigenvalue weighted by Gasteiger charge is -2.54. The standard InChI is InChI=1S/C18H25N3O/c19-10-11-1-3-16(4-2-11)20-18(22)21-17-14-6-12-5-13(8-14)9-15(17)7-12/h1-4,12-15,17H,5-10,19H2,(H2,20,21,22). The number of anilines is 1. The molecule has 0 aromatic heterocycles. The number of benzene rings is 1. The zero-order valence-electron chi connectivity index (χ0n) is 12.9. The van der Waals surface area contributed by atoms with Crippen LogP contribution in [0.1, 0.15) is 37.7 Å². The van der Waals surface area contributed by atoms with Crippen molar-refractivity contribution in [3.8, 4) is 0 Å². The van der Waals surface area contributed by atoms with E-state index < -0.39 is 0 Å². The van der Waals surface area contributed by atoms with Gasteiger partial charge in [-0.1, -0.05) is 12.1 Å². The summed E-state index contributed by atoms with van der Waals surface area (Å²) in [4.78, 5) is 12.3. The number of carbonyl (C=O) groups excluding carboxylic acids is 1. The van der Waals surface area contributed by atoms with E-state index in [1.807, 2.05) is 24.3 Å². The molecule has 1 aromatic carbocycles. The Morgan fingerprint density at radius 3 is 2.14 bits per heavy atom. The van der Waals surface area contributed by atoms with Gasteiger partial charge in [0.2, 0.25) is 0 Å². The molecule has 2 amide bonds. The molecule has 4 nitrogen and oxygen atoms in total. The van der Waals surface area contributed by atoms with Crippen LogP contribution >= 0.6 is 0 Å². The van der Waals surface area contributed by atoms with Crippen LogP contribution in [0.2, 0.25) is 0 Å². The molecule has 4 heteroatoms. The Kier molecular flexibility index (Phi) is 3.57. The van der Waals surface area contributed by atoms with Gasteiger partial charge >= 0.3 is 6.03 Å². The molecule has 118 valence electrons. The second kappa shape index (κ2) is 5.58. The van der Waals surface area contributed by atoms with E-state index in [1.54, 1.807) is 0 Å². The zero-order chi connectivity index (χ0) is 15.1. The van der Waals surface area contributed by atoms with Crippen LogP contribution in [0.4, 0.5) is 10.5 Å². The fraction of sp³-hybridized carbons (Fsp3) is 0.611. The Morgan fingerprint density at radius 1 is 1.00 bits per heavy atom. The van der Waals surface area contributed by atoms with E-state index in [0.29, 0.717) is 24.4 Å². The second-order valence-corrected chi connectivity index (χ2v) is 7.46. The van der Waals surface area contributed by atoms with Crippen molar-refractivity contribution in [2.24, 2.45) is 29.4 Å². The van der Waals surface area contributed by atoms with Gasteiger partial charge in [-0.05, 0) is 73.5 Å². The summed E-state index contributed by atoms with van der Waals surface area (Å²) in [5, 5.41) is 6.23. The number of nitrogens with two attached hydrogens (primary N) is 1. The molecule has 4 fully saturated rings. The molecule has 4 saturated carbocycles. The third-order valence-electron chi connectivity index (χ3n) is 5.97. The zero-order valence-corrected chi connectivity index (χ0v) is 12.9. The van der Waals surface area contributed by atoms with Crippen LogP contribution in [0, 0.1) is 23.7 Å². The van der Waals surface area contributed by atoms with Crippen LogP contribution in [0.5, 0.6) is 0 Å². The molecule has 4 N–H and O–H groups in total. The molecule has 4 aliphatic carbocycles. The number of hydrogen-bond donors (Lipinski definition) is 3. The highest BCUT2D eigenvalue weighted by Gasteiger charge is 2.48. The van der Waals surface area contributed by atoms with E-state index in [2.05, 4.69) is 10.6 Å². The summed E-state index contributed by atoms with van der Waals surface area (Å²) in [6, 6.07) is 8.07. The fourth-order valence-electron chi connectivity index (χ4n) is 5.20. The summed E-state index contributed by atoms with van der Waals surface area (Å²) in [7, 11) is 0. The molecule has 0 atom stereocenters. The van der Waals surface area contributed by atoms with Gasteiger partial charge in [-0.15, -0.1) is 0 Å². The van der Waals surface area contributed by atoms with Gasteiger partial charge in [0.1, 0.15) is 0 Å². The minimum absolute atomic E-state index is 0.0574. The smallest absolute Gasteiger partial charge is 0.319 e. The summed E-state index contributed by atoms with van der Waals surface area (Å²) in [5.74, 6) is 3.29. The topological polar surface area (TPSA) is 67.1 Å². The maximum absolute atomic E-state index is 12.3. The monoisotopic (exact) mass is 299 g/mol. The van der Waals surface area contributed by atoms with E-state index in [4.69, 9.17) is 5.73 Å². The van der Waals surface area contributed by atoms with E-state index in [1.165, 1.54) is 32.1 Å². The number of amides is 2. The predicted molar refractivity (Wildman–Crippen MR) is 87.3 cm³/mol. The normalized spacial score (nSPS) is 35.4. The van der Waals surface area contributed by atoms with Crippen molar-refractivity contribution in [3.05, 3.63) is 29.8 Å². The molecular formula is C18H25N3O. The van der Waals surface area contributed by atoms with Crippen LogP contribution in [-0.2, 0) is 6.54 Å². The molecule has 0 heterocycles. The number of urea groups is 1. The van der Waals surface area contributed by atoms with Gasteiger partial charge in [-0.3, -0.25) is 0 Å². The predicted octanol–water partition coefficient (Wildman–Crippen LogP) is 3.09. The highest BCUT2D eigenvalue weighted by Crippen LogP contribution is 2.53. The first kappa shape index (κ1) is 14.1. The Labute approximate surface area is 131 Å². The number of nitrogens with one attached hydrogen (secondary N) is 2. The molecule has 0 aliphatic heterocycles. The largest absolute Gasteiger partial charge is 0.335 e. The molecule has 5 rings (SSSR count). The fourth-order valence-corrected chi connectivity index (χ4v) is 5.20. The molecular weight excluding hydrogens is 274 g/mol. The second-order valence-electron chi connectivity index (χ2n) is 7.46. The van der Waals surface area contributed by atoms with E-state index >= 15 is 0 Å². The number of rotatable bonds is 3. The summed E-state index contributed by atoms with van der Waals surface area (Å²) < 4.78 is 0. The summed E-state index contributed by atoms with van der Waals surface area (Å²) in [6.45, 7) is 0.528. The first-order valence-electron chi connectivity index (χ1n) is 8.58. The molecule has 0 unspecified atom stereocenters.